The quantitative estimate of drug-likeness (QED) is 0.722. The van der Waals surface area contributed by atoms with E-state index in [2.05, 4.69) is 5.32 Å². The predicted molar refractivity (Wildman–Crippen MR) is 96.1 cm³/mol. The molecule has 0 aromatic heterocycles. The summed E-state index contributed by atoms with van der Waals surface area (Å²) in [4.78, 5) is 23.4. The molecule has 0 fully saturated rings. The van der Waals surface area contributed by atoms with Crippen molar-refractivity contribution in [1.29, 1.82) is 0 Å². The maximum Gasteiger partial charge on any atom is 0.338 e. The number of nitrogens with two attached hydrogens (primary N) is 1. The van der Waals surface area contributed by atoms with Gasteiger partial charge in [0.05, 0.1) is 10.6 Å². The van der Waals surface area contributed by atoms with Crippen molar-refractivity contribution in [3.8, 4) is 0 Å². The van der Waals surface area contributed by atoms with Gasteiger partial charge in [0.2, 0.25) is 10.0 Å². The van der Waals surface area contributed by atoms with E-state index in [1.807, 2.05) is 31.2 Å². The van der Waals surface area contributed by atoms with Crippen LogP contribution in [-0.2, 0) is 26.1 Å². The normalized spacial score (nSPS) is 11.0. The van der Waals surface area contributed by atoms with Crippen molar-refractivity contribution < 1.29 is 22.7 Å². The lowest BCUT2D eigenvalue weighted by Crippen LogP contribution is -2.28. The van der Waals surface area contributed by atoms with Crippen molar-refractivity contribution in [3.05, 3.63) is 64.2 Å². The molecule has 0 aliphatic rings. The topological polar surface area (TPSA) is 116 Å². The molecule has 0 aliphatic heterocycles. The van der Waals surface area contributed by atoms with Crippen LogP contribution in [0.1, 0.15) is 21.5 Å². The van der Waals surface area contributed by atoms with Gasteiger partial charge in [-0.1, -0.05) is 35.9 Å². The molecule has 1 amide bonds. The Morgan fingerprint density at radius 1 is 1.19 bits per heavy atom. The summed E-state index contributed by atoms with van der Waals surface area (Å²) in [5, 5.41) is 7.55. The van der Waals surface area contributed by atoms with Crippen LogP contribution in [0.2, 0.25) is 5.02 Å². The van der Waals surface area contributed by atoms with Gasteiger partial charge in [-0.25, -0.2) is 18.4 Å². The lowest BCUT2D eigenvalue weighted by atomic mass is 10.1. The molecule has 0 spiro atoms. The molecule has 0 saturated carbocycles. The molecule has 0 bridgehead atoms. The maximum absolute atomic E-state index is 12.0. The molecule has 3 N–H and O–H groups in total. The molecule has 0 heterocycles. The zero-order chi connectivity index (χ0) is 19.3. The number of rotatable bonds is 6. The summed E-state index contributed by atoms with van der Waals surface area (Å²) in [6.45, 7) is 1.72. The number of aryl methyl sites for hydroxylation is 1. The van der Waals surface area contributed by atoms with Crippen LogP contribution in [-0.4, -0.2) is 26.9 Å². The zero-order valence-electron chi connectivity index (χ0n) is 13.9. The van der Waals surface area contributed by atoms with Crippen molar-refractivity contribution in [2.24, 2.45) is 5.14 Å². The number of hydrogen-bond donors (Lipinski definition) is 2. The molecule has 7 nitrogen and oxygen atoms in total. The highest BCUT2D eigenvalue weighted by Gasteiger charge is 2.17. The first-order valence-electron chi connectivity index (χ1n) is 7.49. The van der Waals surface area contributed by atoms with Gasteiger partial charge < -0.3 is 10.1 Å². The van der Waals surface area contributed by atoms with Crippen molar-refractivity contribution in [3.63, 3.8) is 0 Å². The van der Waals surface area contributed by atoms with Crippen LogP contribution in [0.4, 0.5) is 0 Å². The number of sulfonamides is 1. The average molecular weight is 397 g/mol. The summed E-state index contributed by atoms with van der Waals surface area (Å²) >= 11 is 5.75. The van der Waals surface area contributed by atoms with Gasteiger partial charge in [-0.3, -0.25) is 4.79 Å². The summed E-state index contributed by atoms with van der Waals surface area (Å²) in [5.41, 5.74) is 1.90. The molecule has 0 radical (unpaired) electrons. The van der Waals surface area contributed by atoms with E-state index in [-0.39, 0.29) is 10.6 Å². The largest absolute Gasteiger partial charge is 0.452 e. The van der Waals surface area contributed by atoms with Crippen LogP contribution in [0.25, 0.3) is 0 Å². The van der Waals surface area contributed by atoms with Gasteiger partial charge >= 0.3 is 5.97 Å². The van der Waals surface area contributed by atoms with Crippen molar-refractivity contribution >= 4 is 33.5 Å². The van der Waals surface area contributed by atoms with Crippen LogP contribution < -0.4 is 10.5 Å². The second kappa shape index (κ2) is 8.31. The number of hydrogen-bond acceptors (Lipinski definition) is 5. The Morgan fingerprint density at radius 2 is 1.88 bits per heavy atom. The van der Waals surface area contributed by atoms with E-state index >= 15 is 0 Å². The molecule has 9 heteroatoms. The third kappa shape index (κ3) is 5.29. The number of carbonyl (C=O) groups is 2. The fourth-order valence-electron chi connectivity index (χ4n) is 2.12. The zero-order valence-corrected chi connectivity index (χ0v) is 15.4. The summed E-state index contributed by atoms with van der Waals surface area (Å²) in [5.74, 6) is -1.35. The van der Waals surface area contributed by atoms with E-state index in [1.165, 1.54) is 12.1 Å². The lowest BCUT2D eigenvalue weighted by molar-refractivity contribution is -0.124. The van der Waals surface area contributed by atoms with Crippen LogP contribution in [0.3, 0.4) is 0 Å². The Labute approximate surface area is 156 Å². The van der Waals surface area contributed by atoms with Gasteiger partial charge in [0.1, 0.15) is 4.90 Å². The smallest absolute Gasteiger partial charge is 0.338 e. The molecule has 0 saturated heterocycles. The summed E-state index contributed by atoms with van der Waals surface area (Å²) in [6.07, 6.45) is 0. The van der Waals surface area contributed by atoms with Gasteiger partial charge in [0.15, 0.2) is 6.61 Å². The standard InChI is InChI=1S/C17H17ClN2O5S/c1-11-4-2-3-5-13(11)9-20-16(21)10-25-17(22)12-6-7-14(18)15(8-12)26(19,23)24/h2-8H,9-10H2,1H3,(H,20,21)(H2,19,23,24). The second-order valence-corrected chi connectivity index (χ2v) is 7.41. The third-order valence-corrected chi connectivity index (χ3v) is 4.94. The fraction of sp³-hybridized carbons (Fsp3) is 0.176. The van der Waals surface area contributed by atoms with Crippen LogP contribution >= 0.6 is 11.6 Å². The minimum absolute atomic E-state index is 0.0786. The van der Waals surface area contributed by atoms with E-state index in [0.29, 0.717) is 6.54 Å². The predicted octanol–water partition coefficient (Wildman–Crippen LogP) is 1.77. The molecule has 2 rings (SSSR count). The van der Waals surface area contributed by atoms with E-state index in [1.54, 1.807) is 0 Å². The highest BCUT2D eigenvalue weighted by atomic mass is 35.5. The maximum atomic E-state index is 12.0. The Morgan fingerprint density at radius 3 is 2.54 bits per heavy atom. The van der Waals surface area contributed by atoms with Crippen molar-refractivity contribution in [1.82, 2.24) is 5.32 Å². The molecular formula is C17H17ClN2O5S. The van der Waals surface area contributed by atoms with Gasteiger partial charge in [0.25, 0.3) is 5.91 Å². The summed E-state index contributed by atoms with van der Waals surface area (Å²) < 4.78 is 27.7. The first-order valence-corrected chi connectivity index (χ1v) is 9.41. The molecule has 0 aliphatic carbocycles. The SMILES string of the molecule is Cc1ccccc1CNC(=O)COC(=O)c1ccc(Cl)c(S(N)(=O)=O)c1. The molecule has 138 valence electrons. The number of esters is 1. The Balaban J connectivity index is 1.94. The van der Waals surface area contributed by atoms with Crippen molar-refractivity contribution in [2.75, 3.05) is 6.61 Å². The van der Waals surface area contributed by atoms with Gasteiger partial charge in [0, 0.05) is 6.54 Å². The van der Waals surface area contributed by atoms with E-state index in [4.69, 9.17) is 21.5 Å². The van der Waals surface area contributed by atoms with Gasteiger partial charge in [-0.05, 0) is 36.2 Å². The van der Waals surface area contributed by atoms with Crippen LogP contribution in [0.5, 0.6) is 0 Å². The molecule has 26 heavy (non-hydrogen) atoms. The van der Waals surface area contributed by atoms with E-state index in [0.717, 1.165) is 17.2 Å². The lowest BCUT2D eigenvalue weighted by Gasteiger charge is -2.09. The highest BCUT2D eigenvalue weighted by Crippen LogP contribution is 2.21. The van der Waals surface area contributed by atoms with E-state index in [9.17, 15) is 18.0 Å². The molecule has 2 aromatic rings. The number of halogens is 1. The number of carbonyl (C=O) groups excluding carboxylic acids is 2. The van der Waals surface area contributed by atoms with Crippen LogP contribution in [0.15, 0.2) is 47.4 Å². The number of amides is 1. The molecular weight excluding hydrogens is 380 g/mol. The summed E-state index contributed by atoms with van der Waals surface area (Å²) in [6, 6.07) is 11.1. The van der Waals surface area contributed by atoms with Crippen LogP contribution in [0, 0.1) is 6.92 Å². The summed E-state index contributed by atoms with van der Waals surface area (Å²) in [7, 11) is -4.08. The van der Waals surface area contributed by atoms with Crippen molar-refractivity contribution in [2.45, 2.75) is 18.4 Å². The number of nitrogens with one attached hydrogen (secondary N) is 1. The fourth-order valence-corrected chi connectivity index (χ4v) is 3.19. The first kappa shape index (κ1) is 19.9. The molecule has 0 atom stereocenters. The van der Waals surface area contributed by atoms with Gasteiger partial charge in [-0.15, -0.1) is 0 Å². The second-order valence-electron chi connectivity index (χ2n) is 5.47. The molecule has 2 aromatic carbocycles. The number of benzene rings is 2. The minimum atomic E-state index is -4.08. The van der Waals surface area contributed by atoms with Gasteiger partial charge in [-0.2, -0.15) is 0 Å². The first-order chi connectivity index (χ1) is 12.2. The monoisotopic (exact) mass is 396 g/mol. The Hall–Kier alpha value is -2.42. The Kier molecular flexibility index (Phi) is 6.36. The average Bonchev–Trinajstić information content (AvgIpc) is 2.58. The number of ether oxygens (including phenoxy) is 1. The molecule has 0 unspecified atom stereocenters. The number of primary sulfonamides is 1. The third-order valence-electron chi connectivity index (χ3n) is 3.55. The highest BCUT2D eigenvalue weighted by molar-refractivity contribution is 7.89. The Bertz CT molecular complexity index is 944. The van der Waals surface area contributed by atoms with E-state index < -0.39 is 33.4 Å². The minimum Gasteiger partial charge on any atom is -0.452 e.